The number of nitrogens with zero attached hydrogens (tertiary/aromatic N) is 3. The standard InChI is InChI=1S/C32H24ClN3O4/c33-27-16-26-30(17-28(27)37)40-29-15-22(11-12-25(29)31(26)23-9-1-2-10-24(23)32(38)39)36(18-20-7-3-5-13-34-20)19-21-8-4-6-14-35-21/h1-17,31,37H,18-19H2,(H,38,39). The van der Waals surface area contributed by atoms with Crippen molar-refractivity contribution < 1.29 is 19.7 Å². The van der Waals surface area contributed by atoms with Gasteiger partial charge in [0.05, 0.1) is 35.1 Å². The van der Waals surface area contributed by atoms with Gasteiger partial charge in [-0.3, -0.25) is 9.97 Å². The molecule has 1 aliphatic rings. The predicted molar refractivity (Wildman–Crippen MR) is 152 cm³/mol. The number of carboxylic acid groups (broad SMARTS) is 1. The zero-order valence-electron chi connectivity index (χ0n) is 21.2. The van der Waals surface area contributed by atoms with E-state index in [9.17, 15) is 15.0 Å². The van der Waals surface area contributed by atoms with Crippen molar-refractivity contribution in [3.63, 3.8) is 0 Å². The van der Waals surface area contributed by atoms with Crippen molar-refractivity contribution in [2.24, 2.45) is 0 Å². The van der Waals surface area contributed by atoms with Crippen molar-refractivity contribution in [2.45, 2.75) is 19.0 Å². The number of pyridine rings is 2. The molecule has 0 amide bonds. The highest BCUT2D eigenvalue weighted by atomic mass is 35.5. The van der Waals surface area contributed by atoms with E-state index in [0.29, 0.717) is 35.7 Å². The number of phenols is 1. The van der Waals surface area contributed by atoms with Gasteiger partial charge in [-0.2, -0.15) is 0 Å². The van der Waals surface area contributed by atoms with Crippen LogP contribution < -0.4 is 9.64 Å². The molecule has 1 aliphatic heterocycles. The van der Waals surface area contributed by atoms with Crippen molar-refractivity contribution in [3.8, 4) is 17.2 Å². The zero-order chi connectivity index (χ0) is 27.6. The minimum Gasteiger partial charge on any atom is -0.506 e. The third-order valence-electron chi connectivity index (χ3n) is 6.94. The fourth-order valence-electron chi connectivity index (χ4n) is 5.10. The lowest BCUT2D eigenvalue weighted by Gasteiger charge is -2.32. The smallest absolute Gasteiger partial charge is 0.335 e. The number of rotatable bonds is 7. The van der Waals surface area contributed by atoms with E-state index in [2.05, 4.69) is 14.9 Å². The second-order valence-corrected chi connectivity index (χ2v) is 9.90. The molecular formula is C32H24ClN3O4. The Morgan fingerprint density at radius 3 is 2.10 bits per heavy atom. The van der Waals surface area contributed by atoms with Gasteiger partial charge in [-0.1, -0.05) is 48.0 Å². The first kappa shape index (κ1) is 25.4. The van der Waals surface area contributed by atoms with Crippen LogP contribution in [0.2, 0.25) is 5.02 Å². The molecule has 2 N–H and O–H groups in total. The molecule has 0 radical (unpaired) electrons. The molecular weight excluding hydrogens is 526 g/mol. The number of carboxylic acids is 1. The summed E-state index contributed by atoms with van der Waals surface area (Å²) < 4.78 is 6.33. The average molecular weight is 550 g/mol. The van der Waals surface area contributed by atoms with Gasteiger partial charge in [0, 0.05) is 47.3 Å². The van der Waals surface area contributed by atoms with Gasteiger partial charge < -0.3 is 19.8 Å². The lowest BCUT2D eigenvalue weighted by Crippen LogP contribution is -2.23. The van der Waals surface area contributed by atoms with E-state index < -0.39 is 11.9 Å². The maximum atomic E-state index is 12.2. The Balaban J connectivity index is 1.48. The van der Waals surface area contributed by atoms with Gasteiger partial charge in [0.25, 0.3) is 0 Å². The molecule has 0 bridgehead atoms. The van der Waals surface area contributed by atoms with Crippen LogP contribution in [0.5, 0.6) is 17.2 Å². The zero-order valence-corrected chi connectivity index (χ0v) is 22.0. The molecule has 3 aromatic carbocycles. The van der Waals surface area contributed by atoms with Gasteiger partial charge >= 0.3 is 5.97 Å². The summed E-state index contributed by atoms with van der Waals surface area (Å²) in [6.45, 7) is 1.07. The first-order valence-corrected chi connectivity index (χ1v) is 13.1. The summed E-state index contributed by atoms with van der Waals surface area (Å²) in [5.41, 5.74) is 4.94. The molecule has 40 heavy (non-hydrogen) atoms. The second kappa shape index (κ2) is 10.7. The number of fused-ring (bicyclic) bond motifs is 2. The summed E-state index contributed by atoms with van der Waals surface area (Å²) in [4.78, 5) is 23.4. The van der Waals surface area contributed by atoms with E-state index in [1.807, 2.05) is 60.7 Å². The van der Waals surface area contributed by atoms with Crippen LogP contribution in [0.25, 0.3) is 0 Å². The van der Waals surface area contributed by atoms with Crippen LogP contribution in [-0.2, 0) is 13.1 Å². The van der Waals surface area contributed by atoms with E-state index in [-0.39, 0.29) is 16.3 Å². The van der Waals surface area contributed by atoms with Crippen LogP contribution in [-0.4, -0.2) is 26.2 Å². The third-order valence-corrected chi connectivity index (χ3v) is 7.25. The van der Waals surface area contributed by atoms with Crippen molar-refractivity contribution in [2.75, 3.05) is 4.90 Å². The molecule has 0 saturated carbocycles. The molecule has 7 nitrogen and oxygen atoms in total. The molecule has 2 aromatic heterocycles. The number of carbonyl (C=O) groups is 1. The normalized spacial score (nSPS) is 13.6. The van der Waals surface area contributed by atoms with Gasteiger partial charge in [-0.05, 0) is 48.0 Å². The first-order valence-electron chi connectivity index (χ1n) is 12.7. The van der Waals surface area contributed by atoms with Crippen LogP contribution in [0.3, 0.4) is 0 Å². The summed E-state index contributed by atoms with van der Waals surface area (Å²) in [6.07, 6.45) is 3.53. The van der Waals surface area contributed by atoms with Crippen molar-refractivity contribution in [1.82, 2.24) is 9.97 Å². The summed E-state index contributed by atoms with van der Waals surface area (Å²) in [7, 11) is 0. The van der Waals surface area contributed by atoms with Crippen LogP contribution >= 0.6 is 11.6 Å². The lowest BCUT2D eigenvalue weighted by atomic mass is 9.80. The molecule has 3 heterocycles. The minimum atomic E-state index is -1.02. The number of aromatic nitrogens is 2. The molecule has 0 saturated heterocycles. The van der Waals surface area contributed by atoms with E-state index in [4.69, 9.17) is 16.3 Å². The molecule has 0 spiro atoms. The molecule has 198 valence electrons. The van der Waals surface area contributed by atoms with Crippen molar-refractivity contribution in [3.05, 3.63) is 142 Å². The molecule has 1 atom stereocenters. The van der Waals surface area contributed by atoms with E-state index >= 15 is 0 Å². The average Bonchev–Trinajstić information content (AvgIpc) is 2.97. The van der Waals surface area contributed by atoms with Gasteiger partial charge in [-0.15, -0.1) is 0 Å². The van der Waals surface area contributed by atoms with E-state index in [1.54, 1.807) is 36.7 Å². The molecule has 8 heteroatoms. The van der Waals surface area contributed by atoms with Crippen molar-refractivity contribution >= 4 is 23.3 Å². The number of hydrogen-bond acceptors (Lipinski definition) is 6. The Hall–Kier alpha value is -4.88. The largest absolute Gasteiger partial charge is 0.506 e. The number of aromatic hydroxyl groups is 1. The number of halogens is 1. The molecule has 1 unspecified atom stereocenters. The van der Waals surface area contributed by atoms with E-state index in [1.165, 1.54) is 6.07 Å². The van der Waals surface area contributed by atoms with Gasteiger partial charge in [0.15, 0.2) is 0 Å². The lowest BCUT2D eigenvalue weighted by molar-refractivity contribution is 0.0695. The number of hydrogen-bond donors (Lipinski definition) is 2. The van der Waals surface area contributed by atoms with Crippen LogP contribution in [0.15, 0.2) is 103 Å². The van der Waals surface area contributed by atoms with Crippen LogP contribution in [0.1, 0.15) is 44.4 Å². The Kier molecular flexibility index (Phi) is 6.80. The van der Waals surface area contributed by atoms with Crippen LogP contribution in [0.4, 0.5) is 5.69 Å². The Morgan fingerprint density at radius 1 is 0.800 bits per heavy atom. The van der Waals surface area contributed by atoms with Crippen molar-refractivity contribution in [1.29, 1.82) is 0 Å². The fraction of sp³-hybridized carbons (Fsp3) is 0.0938. The number of benzene rings is 3. The Bertz CT molecular complexity index is 1650. The third kappa shape index (κ3) is 4.95. The summed E-state index contributed by atoms with van der Waals surface area (Å²) in [6, 6.07) is 27.5. The maximum absolute atomic E-state index is 12.2. The topological polar surface area (TPSA) is 95.8 Å². The molecule has 0 aliphatic carbocycles. The molecule has 0 fully saturated rings. The highest BCUT2D eigenvalue weighted by molar-refractivity contribution is 6.32. The highest BCUT2D eigenvalue weighted by Crippen LogP contribution is 2.51. The highest BCUT2D eigenvalue weighted by Gasteiger charge is 2.33. The Labute approximate surface area is 235 Å². The summed E-state index contributed by atoms with van der Waals surface area (Å²) in [5.74, 6) is -0.638. The number of ether oxygens (including phenoxy) is 1. The maximum Gasteiger partial charge on any atom is 0.335 e. The van der Waals surface area contributed by atoms with Gasteiger partial charge in [0.2, 0.25) is 0 Å². The SMILES string of the molecule is O=C(O)c1ccccc1C1c2ccc(N(Cc3ccccn3)Cc3ccccn3)cc2Oc2cc(O)c(Cl)cc21. The minimum absolute atomic E-state index is 0.114. The molecule has 6 rings (SSSR count). The number of aromatic carboxylic acids is 1. The number of phenolic OH excluding ortho intramolecular Hbond substituents is 1. The fourth-order valence-corrected chi connectivity index (χ4v) is 5.27. The Morgan fingerprint density at radius 2 is 1.45 bits per heavy atom. The number of anilines is 1. The second-order valence-electron chi connectivity index (χ2n) is 9.49. The van der Waals surface area contributed by atoms with Gasteiger partial charge in [0.1, 0.15) is 17.2 Å². The molecule has 5 aromatic rings. The predicted octanol–water partition coefficient (Wildman–Crippen LogP) is 7.03. The first-order chi connectivity index (χ1) is 19.5. The summed E-state index contributed by atoms with van der Waals surface area (Å²) >= 11 is 6.31. The monoisotopic (exact) mass is 549 g/mol. The van der Waals surface area contributed by atoms with Crippen LogP contribution in [0, 0.1) is 0 Å². The van der Waals surface area contributed by atoms with E-state index in [0.717, 1.165) is 22.6 Å². The quantitative estimate of drug-likeness (QED) is 0.221. The van der Waals surface area contributed by atoms with Gasteiger partial charge in [-0.25, -0.2) is 4.79 Å². The summed E-state index contributed by atoms with van der Waals surface area (Å²) in [5, 5.41) is 20.5.